The number of ether oxygens (including phenoxy) is 1. The van der Waals surface area contributed by atoms with Crippen LogP contribution in [0.4, 0.5) is 0 Å². The third kappa shape index (κ3) is 6.36. The summed E-state index contributed by atoms with van der Waals surface area (Å²) in [6.45, 7) is 7.90. The van der Waals surface area contributed by atoms with Crippen molar-refractivity contribution < 1.29 is 14.3 Å². The van der Waals surface area contributed by atoms with Gasteiger partial charge in [0.1, 0.15) is 17.1 Å². The van der Waals surface area contributed by atoms with Crippen LogP contribution in [-0.2, 0) is 16.0 Å². The Morgan fingerprint density at radius 2 is 1.85 bits per heavy atom. The second-order valence-electron chi connectivity index (χ2n) is 5.80. The molecule has 0 radical (unpaired) electrons. The highest BCUT2D eigenvalue weighted by atomic mass is 16.5. The van der Waals surface area contributed by atoms with E-state index in [9.17, 15) is 9.59 Å². The third-order valence-corrected chi connectivity index (χ3v) is 2.51. The van der Waals surface area contributed by atoms with Crippen molar-refractivity contribution in [3.05, 3.63) is 29.8 Å². The normalized spacial score (nSPS) is 11.0. The van der Waals surface area contributed by atoms with E-state index in [2.05, 4.69) is 5.32 Å². The largest absolute Gasteiger partial charge is 0.488 e. The lowest BCUT2D eigenvalue weighted by Crippen LogP contribution is -2.28. The molecule has 0 aromatic heterocycles. The van der Waals surface area contributed by atoms with Gasteiger partial charge in [-0.25, -0.2) is 0 Å². The summed E-state index contributed by atoms with van der Waals surface area (Å²) >= 11 is 0. The zero-order valence-electron chi connectivity index (χ0n) is 12.7. The summed E-state index contributed by atoms with van der Waals surface area (Å²) in [6.07, 6.45) is 0.621. The molecule has 0 saturated heterocycles. The second-order valence-corrected chi connectivity index (χ2v) is 5.80. The van der Waals surface area contributed by atoms with Gasteiger partial charge in [0.05, 0.1) is 6.42 Å². The van der Waals surface area contributed by atoms with Gasteiger partial charge in [0.2, 0.25) is 5.91 Å². The fourth-order valence-electron chi connectivity index (χ4n) is 1.76. The second kappa shape index (κ2) is 7.08. The number of para-hydroxylation sites is 1. The molecular weight excluding hydrogens is 254 g/mol. The van der Waals surface area contributed by atoms with E-state index in [-0.39, 0.29) is 23.7 Å². The molecule has 4 heteroatoms. The first kappa shape index (κ1) is 16.2. The van der Waals surface area contributed by atoms with Crippen LogP contribution in [0.3, 0.4) is 0 Å². The molecular formula is C16H23NO3. The molecule has 1 N–H and O–H groups in total. The zero-order valence-corrected chi connectivity index (χ0v) is 12.7. The van der Waals surface area contributed by atoms with Gasteiger partial charge in [-0.2, -0.15) is 0 Å². The van der Waals surface area contributed by atoms with Gasteiger partial charge in [-0.3, -0.25) is 9.59 Å². The van der Waals surface area contributed by atoms with Crippen LogP contribution in [0.2, 0.25) is 0 Å². The molecule has 0 aliphatic carbocycles. The highest BCUT2D eigenvalue weighted by molar-refractivity contribution is 5.96. The van der Waals surface area contributed by atoms with E-state index in [1.165, 1.54) is 6.92 Å². The maximum absolute atomic E-state index is 11.4. The van der Waals surface area contributed by atoms with Crippen LogP contribution in [0.15, 0.2) is 24.3 Å². The first-order valence-electron chi connectivity index (χ1n) is 6.81. The van der Waals surface area contributed by atoms with E-state index in [0.717, 1.165) is 11.3 Å². The fraction of sp³-hybridized carbons (Fsp3) is 0.500. The van der Waals surface area contributed by atoms with Gasteiger partial charge in [-0.05, 0) is 45.7 Å². The molecule has 0 bridgehead atoms. The summed E-state index contributed by atoms with van der Waals surface area (Å²) in [7, 11) is 0. The van der Waals surface area contributed by atoms with Crippen LogP contribution in [0, 0.1) is 0 Å². The minimum Gasteiger partial charge on any atom is -0.488 e. The molecule has 1 rings (SSSR count). The first-order chi connectivity index (χ1) is 9.28. The van der Waals surface area contributed by atoms with Crippen molar-refractivity contribution in [2.24, 2.45) is 0 Å². The van der Waals surface area contributed by atoms with Gasteiger partial charge in [0, 0.05) is 6.54 Å². The van der Waals surface area contributed by atoms with Crippen LogP contribution in [0.5, 0.6) is 5.75 Å². The maximum atomic E-state index is 11.4. The number of hydrogen-bond donors (Lipinski definition) is 1. The molecule has 0 saturated carbocycles. The minimum atomic E-state index is -0.256. The number of ketones is 1. The quantitative estimate of drug-likeness (QED) is 0.813. The Morgan fingerprint density at radius 3 is 2.45 bits per heavy atom. The van der Waals surface area contributed by atoms with Crippen molar-refractivity contribution in [2.75, 3.05) is 6.54 Å². The van der Waals surface area contributed by atoms with Crippen LogP contribution >= 0.6 is 0 Å². The van der Waals surface area contributed by atoms with Crippen LogP contribution in [0.25, 0.3) is 0 Å². The Labute approximate surface area is 120 Å². The lowest BCUT2D eigenvalue weighted by molar-refractivity contribution is -0.127. The molecule has 110 valence electrons. The van der Waals surface area contributed by atoms with Gasteiger partial charge >= 0.3 is 0 Å². The lowest BCUT2D eigenvalue weighted by Gasteiger charge is -2.23. The van der Waals surface area contributed by atoms with E-state index in [1.807, 2.05) is 45.0 Å². The predicted octanol–water partition coefficient (Wildman–Crippen LogP) is 2.50. The van der Waals surface area contributed by atoms with Crippen molar-refractivity contribution >= 4 is 11.7 Å². The van der Waals surface area contributed by atoms with Crippen molar-refractivity contribution in [1.29, 1.82) is 0 Å². The van der Waals surface area contributed by atoms with E-state index in [4.69, 9.17) is 4.74 Å². The summed E-state index contributed by atoms with van der Waals surface area (Å²) in [5.41, 5.74) is 0.791. The van der Waals surface area contributed by atoms with Crippen LogP contribution in [-0.4, -0.2) is 23.8 Å². The number of rotatable bonds is 6. The number of hydrogen-bond acceptors (Lipinski definition) is 3. The average Bonchev–Trinajstić information content (AvgIpc) is 2.28. The van der Waals surface area contributed by atoms with Crippen molar-refractivity contribution in [3.8, 4) is 5.75 Å². The summed E-state index contributed by atoms with van der Waals surface area (Å²) in [4.78, 5) is 22.2. The Kier molecular flexibility index (Phi) is 5.74. The molecule has 0 fully saturated rings. The van der Waals surface area contributed by atoms with Gasteiger partial charge in [0.15, 0.2) is 0 Å². The zero-order chi connectivity index (χ0) is 15.2. The summed E-state index contributed by atoms with van der Waals surface area (Å²) < 4.78 is 5.89. The minimum absolute atomic E-state index is 0.0554. The SMILES string of the molecule is CC(=O)CC(=O)NCCc1ccccc1OC(C)(C)C. The van der Waals surface area contributed by atoms with E-state index in [0.29, 0.717) is 13.0 Å². The first-order valence-corrected chi connectivity index (χ1v) is 6.81. The highest BCUT2D eigenvalue weighted by Crippen LogP contribution is 2.23. The Hall–Kier alpha value is -1.84. The number of amides is 1. The number of carbonyl (C=O) groups is 2. The summed E-state index contributed by atoms with van der Waals surface area (Å²) in [5, 5.41) is 2.74. The molecule has 4 nitrogen and oxygen atoms in total. The van der Waals surface area contributed by atoms with Crippen molar-refractivity contribution in [2.45, 2.75) is 46.1 Å². The van der Waals surface area contributed by atoms with Gasteiger partial charge in [-0.15, -0.1) is 0 Å². The van der Waals surface area contributed by atoms with E-state index < -0.39 is 0 Å². The van der Waals surface area contributed by atoms with Crippen molar-refractivity contribution in [3.63, 3.8) is 0 Å². The van der Waals surface area contributed by atoms with Gasteiger partial charge in [0.25, 0.3) is 0 Å². The molecule has 1 aromatic carbocycles. The molecule has 0 heterocycles. The summed E-state index contributed by atoms with van der Waals surface area (Å²) in [5.74, 6) is 0.478. The van der Waals surface area contributed by atoms with Crippen LogP contribution in [0.1, 0.15) is 39.7 Å². The smallest absolute Gasteiger partial charge is 0.227 e. The molecule has 0 aliphatic rings. The predicted molar refractivity (Wildman–Crippen MR) is 78.8 cm³/mol. The molecule has 0 unspecified atom stereocenters. The van der Waals surface area contributed by atoms with Crippen molar-refractivity contribution in [1.82, 2.24) is 5.32 Å². The molecule has 0 atom stereocenters. The Balaban J connectivity index is 2.56. The number of nitrogens with one attached hydrogen (secondary N) is 1. The topological polar surface area (TPSA) is 55.4 Å². The number of benzene rings is 1. The monoisotopic (exact) mass is 277 g/mol. The molecule has 0 spiro atoms. The molecule has 1 amide bonds. The standard InChI is InChI=1S/C16H23NO3/c1-12(18)11-15(19)17-10-9-13-7-5-6-8-14(13)20-16(2,3)4/h5-8H,9-11H2,1-4H3,(H,17,19). The average molecular weight is 277 g/mol. The molecule has 20 heavy (non-hydrogen) atoms. The molecule has 0 aliphatic heterocycles. The fourth-order valence-corrected chi connectivity index (χ4v) is 1.76. The summed E-state index contributed by atoms with van der Waals surface area (Å²) in [6, 6.07) is 7.79. The highest BCUT2D eigenvalue weighted by Gasteiger charge is 2.14. The van der Waals surface area contributed by atoms with Gasteiger partial charge in [-0.1, -0.05) is 18.2 Å². The Bertz CT molecular complexity index is 475. The molecule has 1 aromatic rings. The van der Waals surface area contributed by atoms with Gasteiger partial charge < -0.3 is 10.1 Å². The van der Waals surface area contributed by atoms with Crippen LogP contribution < -0.4 is 10.1 Å². The maximum Gasteiger partial charge on any atom is 0.227 e. The third-order valence-electron chi connectivity index (χ3n) is 2.51. The lowest BCUT2D eigenvalue weighted by atomic mass is 10.1. The number of carbonyl (C=O) groups excluding carboxylic acids is 2. The van der Waals surface area contributed by atoms with E-state index >= 15 is 0 Å². The Morgan fingerprint density at radius 1 is 1.20 bits per heavy atom. The number of Topliss-reactive ketones (excluding diaryl/α,β-unsaturated/α-hetero) is 1. The van der Waals surface area contributed by atoms with E-state index in [1.54, 1.807) is 0 Å².